The zero-order chi connectivity index (χ0) is 20.7. The van der Waals surface area contributed by atoms with Crippen molar-refractivity contribution in [2.24, 2.45) is 5.92 Å². The molecule has 0 aliphatic heterocycles. The molecule has 0 unspecified atom stereocenters. The summed E-state index contributed by atoms with van der Waals surface area (Å²) in [7, 11) is 3.65. The molecule has 1 aliphatic rings. The first-order chi connectivity index (χ1) is 14.6. The number of aromatic nitrogens is 6. The Morgan fingerprint density at radius 2 is 2.03 bits per heavy atom. The van der Waals surface area contributed by atoms with E-state index in [4.69, 9.17) is 0 Å². The maximum absolute atomic E-state index is 12.2. The standard InChI is InChI=1S/C21H24N8O/c1-28(2)20(30)13-3-5-14(6-4-13)25-21-23-12-16-15(11-22-19(16)27-21)17-8-10-29-18(26-17)7-9-24-29/h7-14H,3-6H2,1-2H3,(H2,22,23,25,27)/t13-,14+. The van der Waals surface area contributed by atoms with Gasteiger partial charge in [0.1, 0.15) is 5.65 Å². The van der Waals surface area contributed by atoms with Gasteiger partial charge < -0.3 is 15.2 Å². The largest absolute Gasteiger partial charge is 0.351 e. The smallest absolute Gasteiger partial charge is 0.225 e. The number of aromatic amines is 1. The molecule has 1 saturated carbocycles. The van der Waals surface area contributed by atoms with Crippen molar-refractivity contribution >= 4 is 28.5 Å². The summed E-state index contributed by atoms with van der Waals surface area (Å²) in [5.41, 5.74) is 3.38. The van der Waals surface area contributed by atoms with Gasteiger partial charge >= 0.3 is 0 Å². The predicted octanol–water partition coefficient (Wildman–Crippen LogP) is 2.73. The second-order valence-electron chi connectivity index (χ2n) is 8.03. The average molecular weight is 404 g/mol. The number of H-pyrrole nitrogens is 1. The number of hydrogen-bond acceptors (Lipinski definition) is 6. The van der Waals surface area contributed by atoms with Gasteiger partial charge in [0.25, 0.3) is 0 Å². The highest BCUT2D eigenvalue weighted by Gasteiger charge is 2.27. The predicted molar refractivity (Wildman–Crippen MR) is 114 cm³/mol. The minimum atomic E-state index is 0.132. The third-order valence-corrected chi connectivity index (χ3v) is 5.82. The van der Waals surface area contributed by atoms with E-state index in [-0.39, 0.29) is 17.9 Å². The molecule has 0 spiro atoms. The van der Waals surface area contributed by atoms with Crippen molar-refractivity contribution in [3.63, 3.8) is 0 Å². The van der Waals surface area contributed by atoms with Gasteiger partial charge in [-0.25, -0.2) is 14.5 Å². The van der Waals surface area contributed by atoms with Gasteiger partial charge in [-0.15, -0.1) is 0 Å². The molecule has 0 atom stereocenters. The molecule has 0 bridgehead atoms. The van der Waals surface area contributed by atoms with E-state index in [0.29, 0.717) is 5.95 Å². The Morgan fingerprint density at radius 3 is 2.83 bits per heavy atom. The Labute approximate surface area is 173 Å². The molecule has 30 heavy (non-hydrogen) atoms. The highest BCUT2D eigenvalue weighted by molar-refractivity contribution is 5.92. The van der Waals surface area contributed by atoms with Gasteiger partial charge in [-0.3, -0.25) is 4.79 Å². The molecule has 4 aromatic heterocycles. The van der Waals surface area contributed by atoms with E-state index in [0.717, 1.165) is 53.6 Å². The Balaban J connectivity index is 1.31. The van der Waals surface area contributed by atoms with Crippen LogP contribution in [0.1, 0.15) is 25.7 Å². The fraction of sp³-hybridized carbons (Fsp3) is 0.381. The summed E-state index contributed by atoms with van der Waals surface area (Å²) in [6, 6.07) is 4.09. The molecule has 4 heterocycles. The van der Waals surface area contributed by atoms with Gasteiger partial charge in [0.15, 0.2) is 5.65 Å². The SMILES string of the molecule is CN(C)C(=O)[C@H]1CC[C@@H](Nc2ncc3c(-c4ccn5nccc5n4)c[nH]c3n2)CC1. The molecular formula is C21H24N8O. The first-order valence-corrected chi connectivity index (χ1v) is 10.2. The first-order valence-electron chi connectivity index (χ1n) is 10.2. The average Bonchev–Trinajstić information content (AvgIpc) is 3.39. The van der Waals surface area contributed by atoms with Crippen LogP contribution in [0.15, 0.2) is 36.9 Å². The minimum absolute atomic E-state index is 0.132. The second-order valence-corrected chi connectivity index (χ2v) is 8.03. The van der Waals surface area contributed by atoms with E-state index < -0.39 is 0 Å². The zero-order valence-corrected chi connectivity index (χ0v) is 17.0. The van der Waals surface area contributed by atoms with Crippen molar-refractivity contribution in [2.45, 2.75) is 31.7 Å². The Hall–Kier alpha value is -3.49. The molecule has 1 aliphatic carbocycles. The van der Waals surface area contributed by atoms with E-state index in [1.54, 1.807) is 15.6 Å². The Kier molecular flexibility index (Phi) is 4.57. The third kappa shape index (κ3) is 3.36. The number of carbonyl (C=O) groups excluding carboxylic acids is 1. The van der Waals surface area contributed by atoms with Crippen LogP contribution in [-0.2, 0) is 4.79 Å². The van der Waals surface area contributed by atoms with Crippen LogP contribution in [0, 0.1) is 5.92 Å². The van der Waals surface area contributed by atoms with Crippen molar-refractivity contribution in [3.8, 4) is 11.3 Å². The highest BCUT2D eigenvalue weighted by Crippen LogP contribution is 2.29. The number of amides is 1. The van der Waals surface area contributed by atoms with E-state index in [2.05, 4.69) is 30.4 Å². The molecule has 2 N–H and O–H groups in total. The van der Waals surface area contributed by atoms with Crippen LogP contribution in [-0.4, -0.2) is 60.5 Å². The quantitative estimate of drug-likeness (QED) is 0.542. The molecule has 5 rings (SSSR count). The number of fused-ring (bicyclic) bond motifs is 2. The van der Waals surface area contributed by atoms with Crippen molar-refractivity contribution in [2.75, 3.05) is 19.4 Å². The second kappa shape index (κ2) is 7.40. The van der Waals surface area contributed by atoms with Crippen LogP contribution in [0.2, 0.25) is 0 Å². The van der Waals surface area contributed by atoms with Crippen LogP contribution in [0.25, 0.3) is 27.9 Å². The molecule has 9 heteroatoms. The lowest BCUT2D eigenvalue weighted by molar-refractivity contribution is -0.133. The normalized spacial score (nSPS) is 19.3. The van der Waals surface area contributed by atoms with Crippen LogP contribution in [0.5, 0.6) is 0 Å². The van der Waals surface area contributed by atoms with Crippen LogP contribution < -0.4 is 5.32 Å². The van der Waals surface area contributed by atoms with Crippen LogP contribution in [0.4, 0.5) is 5.95 Å². The van der Waals surface area contributed by atoms with Gasteiger partial charge in [-0.1, -0.05) is 0 Å². The molecule has 154 valence electrons. The number of carbonyl (C=O) groups is 1. The molecule has 0 radical (unpaired) electrons. The van der Waals surface area contributed by atoms with Crippen molar-refractivity contribution in [1.29, 1.82) is 0 Å². The summed E-state index contributed by atoms with van der Waals surface area (Å²) >= 11 is 0. The van der Waals surface area contributed by atoms with E-state index in [1.165, 1.54) is 0 Å². The fourth-order valence-electron chi connectivity index (χ4n) is 4.18. The lowest BCUT2D eigenvalue weighted by Crippen LogP contribution is -2.35. The summed E-state index contributed by atoms with van der Waals surface area (Å²) in [6.45, 7) is 0. The molecule has 4 aromatic rings. The van der Waals surface area contributed by atoms with E-state index >= 15 is 0 Å². The molecule has 1 fully saturated rings. The minimum Gasteiger partial charge on any atom is -0.351 e. The Bertz CT molecular complexity index is 1200. The van der Waals surface area contributed by atoms with Gasteiger partial charge in [0.05, 0.1) is 11.9 Å². The maximum Gasteiger partial charge on any atom is 0.225 e. The zero-order valence-electron chi connectivity index (χ0n) is 17.0. The number of nitrogens with one attached hydrogen (secondary N) is 2. The van der Waals surface area contributed by atoms with Gasteiger partial charge in [0.2, 0.25) is 11.9 Å². The van der Waals surface area contributed by atoms with Gasteiger partial charge in [-0.2, -0.15) is 10.1 Å². The number of nitrogens with zero attached hydrogens (tertiary/aromatic N) is 6. The molecule has 1 amide bonds. The van der Waals surface area contributed by atoms with E-state index in [1.807, 2.05) is 44.8 Å². The van der Waals surface area contributed by atoms with Crippen molar-refractivity contribution < 1.29 is 4.79 Å². The van der Waals surface area contributed by atoms with Crippen molar-refractivity contribution in [3.05, 3.63) is 36.9 Å². The summed E-state index contributed by atoms with van der Waals surface area (Å²) in [5, 5.41) is 8.55. The van der Waals surface area contributed by atoms with E-state index in [9.17, 15) is 4.79 Å². The first kappa shape index (κ1) is 18.5. The Morgan fingerprint density at radius 1 is 1.20 bits per heavy atom. The lowest BCUT2D eigenvalue weighted by atomic mass is 9.85. The molecule has 9 nitrogen and oxygen atoms in total. The van der Waals surface area contributed by atoms with Crippen molar-refractivity contribution in [1.82, 2.24) is 34.4 Å². The molecular weight excluding hydrogens is 380 g/mol. The monoisotopic (exact) mass is 404 g/mol. The number of rotatable bonds is 4. The summed E-state index contributed by atoms with van der Waals surface area (Å²) in [5.74, 6) is 0.971. The fourth-order valence-corrected chi connectivity index (χ4v) is 4.18. The molecule has 0 aromatic carbocycles. The number of hydrogen-bond donors (Lipinski definition) is 2. The molecule has 0 saturated heterocycles. The number of anilines is 1. The van der Waals surface area contributed by atoms with Crippen LogP contribution in [0.3, 0.4) is 0 Å². The summed E-state index contributed by atoms with van der Waals surface area (Å²) in [4.78, 5) is 30.9. The van der Waals surface area contributed by atoms with Gasteiger partial charge in [0, 0.05) is 61.7 Å². The highest BCUT2D eigenvalue weighted by atomic mass is 16.2. The summed E-state index contributed by atoms with van der Waals surface area (Å²) in [6.07, 6.45) is 11.0. The topological polar surface area (TPSA) is 104 Å². The third-order valence-electron chi connectivity index (χ3n) is 5.82. The summed E-state index contributed by atoms with van der Waals surface area (Å²) < 4.78 is 1.73. The lowest BCUT2D eigenvalue weighted by Gasteiger charge is -2.29. The van der Waals surface area contributed by atoms with Gasteiger partial charge in [-0.05, 0) is 31.7 Å². The van der Waals surface area contributed by atoms with Crippen LogP contribution >= 0.6 is 0 Å². The maximum atomic E-state index is 12.2.